The van der Waals surface area contributed by atoms with Crippen molar-refractivity contribution < 1.29 is 9.72 Å². The lowest BCUT2D eigenvalue weighted by Crippen LogP contribution is -2.14. The molecule has 0 spiro atoms. The van der Waals surface area contributed by atoms with E-state index in [0.29, 0.717) is 21.4 Å². The molecule has 0 radical (unpaired) electrons. The number of amides is 1. The Kier molecular flexibility index (Phi) is 6.00. The van der Waals surface area contributed by atoms with Gasteiger partial charge in [0.25, 0.3) is 5.69 Å². The molecule has 7 nitrogen and oxygen atoms in total. The van der Waals surface area contributed by atoms with E-state index in [-0.39, 0.29) is 17.3 Å². The number of benzene rings is 2. The predicted molar refractivity (Wildman–Crippen MR) is 105 cm³/mol. The molecule has 2 aromatic carbocycles. The van der Waals surface area contributed by atoms with E-state index in [2.05, 4.69) is 15.5 Å². The fraction of sp³-hybridized carbons (Fsp3) is 0.0556. The average Bonchev–Trinajstić information content (AvgIpc) is 2.67. The zero-order valence-electron chi connectivity index (χ0n) is 13.8. The Morgan fingerprint density at radius 3 is 2.52 bits per heavy atom. The number of halogens is 1. The van der Waals surface area contributed by atoms with Gasteiger partial charge >= 0.3 is 0 Å². The summed E-state index contributed by atoms with van der Waals surface area (Å²) in [7, 11) is 0. The van der Waals surface area contributed by atoms with E-state index in [4.69, 9.17) is 11.6 Å². The number of hydrogen-bond donors (Lipinski definition) is 1. The summed E-state index contributed by atoms with van der Waals surface area (Å²) in [6.45, 7) is 0. The van der Waals surface area contributed by atoms with Crippen LogP contribution in [-0.2, 0) is 4.79 Å². The summed E-state index contributed by atoms with van der Waals surface area (Å²) in [4.78, 5) is 22.2. The van der Waals surface area contributed by atoms with Crippen LogP contribution in [0.4, 0.5) is 11.4 Å². The number of rotatable bonds is 6. The normalized spacial score (nSPS) is 10.4. The van der Waals surface area contributed by atoms with Crippen molar-refractivity contribution in [2.75, 3.05) is 11.1 Å². The lowest BCUT2D eigenvalue weighted by atomic mass is 10.1. The molecule has 0 aliphatic carbocycles. The highest BCUT2D eigenvalue weighted by Gasteiger charge is 2.08. The monoisotopic (exact) mass is 400 g/mol. The Bertz CT molecular complexity index is 965. The second-order valence-electron chi connectivity index (χ2n) is 5.41. The highest BCUT2D eigenvalue weighted by Crippen LogP contribution is 2.22. The molecule has 0 saturated heterocycles. The quantitative estimate of drug-likeness (QED) is 0.373. The van der Waals surface area contributed by atoms with Crippen molar-refractivity contribution in [1.29, 1.82) is 0 Å². The van der Waals surface area contributed by atoms with E-state index in [1.165, 1.54) is 23.9 Å². The molecule has 0 bridgehead atoms. The van der Waals surface area contributed by atoms with Gasteiger partial charge in [0.1, 0.15) is 5.03 Å². The third-order valence-corrected chi connectivity index (χ3v) is 4.63. The van der Waals surface area contributed by atoms with Crippen LogP contribution in [0.5, 0.6) is 0 Å². The molecule has 1 heterocycles. The third kappa shape index (κ3) is 5.25. The number of nitrogens with one attached hydrogen (secondary N) is 1. The lowest BCUT2D eigenvalue weighted by Gasteiger charge is -2.05. The summed E-state index contributed by atoms with van der Waals surface area (Å²) in [6, 6.07) is 16.5. The fourth-order valence-corrected chi connectivity index (χ4v) is 3.01. The number of carbonyl (C=O) groups is 1. The Morgan fingerprint density at radius 2 is 1.89 bits per heavy atom. The number of nitro benzene ring substituents is 1. The number of nitrogens with zero attached hydrogens (tertiary/aromatic N) is 3. The van der Waals surface area contributed by atoms with Gasteiger partial charge in [-0.2, -0.15) is 0 Å². The van der Waals surface area contributed by atoms with Crippen molar-refractivity contribution in [1.82, 2.24) is 10.2 Å². The largest absolute Gasteiger partial charge is 0.325 e. The maximum Gasteiger partial charge on any atom is 0.269 e. The Labute approximate surface area is 163 Å². The van der Waals surface area contributed by atoms with E-state index in [9.17, 15) is 14.9 Å². The molecule has 27 heavy (non-hydrogen) atoms. The zero-order chi connectivity index (χ0) is 19.2. The van der Waals surface area contributed by atoms with Gasteiger partial charge in [-0.3, -0.25) is 14.9 Å². The number of hydrogen-bond acceptors (Lipinski definition) is 6. The molecule has 0 fully saturated rings. The molecule has 3 aromatic rings. The summed E-state index contributed by atoms with van der Waals surface area (Å²) < 4.78 is 0. The number of nitro groups is 1. The first-order valence-electron chi connectivity index (χ1n) is 7.78. The van der Waals surface area contributed by atoms with Crippen LogP contribution in [0, 0.1) is 10.1 Å². The Hall–Kier alpha value is -2.97. The van der Waals surface area contributed by atoms with Gasteiger partial charge < -0.3 is 5.32 Å². The number of aromatic nitrogens is 2. The molecule has 1 amide bonds. The van der Waals surface area contributed by atoms with E-state index in [1.807, 2.05) is 0 Å². The number of thioether (sulfide) groups is 1. The van der Waals surface area contributed by atoms with E-state index < -0.39 is 4.92 Å². The SMILES string of the molecule is O=C(CSc1ccc(-c2ccc([N+](=O)[O-])cc2)nn1)Nc1cccc(Cl)c1. The smallest absolute Gasteiger partial charge is 0.269 e. The van der Waals surface area contributed by atoms with Gasteiger partial charge in [0.2, 0.25) is 5.91 Å². The number of anilines is 1. The highest BCUT2D eigenvalue weighted by molar-refractivity contribution is 7.99. The predicted octanol–water partition coefficient (Wildman–Crippen LogP) is 4.44. The molecule has 136 valence electrons. The molecule has 9 heteroatoms. The average molecular weight is 401 g/mol. The van der Waals surface area contributed by atoms with Crippen LogP contribution in [0.3, 0.4) is 0 Å². The fourth-order valence-electron chi connectivity index (χ4n) is 2.21. The van der Waals surface area contributed by atoms with Crippen LogP contribution in [0.15, 0.2) is 65.7 Å². The summed E-state index contributed by atoms with van der Waals surface area (Å²) in [6.07, 6.45) is 0. The van der Waals surface area contributed by atoms with Crippen LogP contribution in [0.2, 0.25) is 5.02 Å². The number of non-ortho nitro benzene ring substituents is 1. The summed E-state index contributed by atoms with van der Waals surface area (Å²) in [5, 5.41) is 22.8. The van der Waals surface area contributed by atoms with E-state index in [0.717, 1.165) is 5.56 Å². The second-order valence-corrected chi connectivity index (χ2v) is 6.84. The van der Waals surface area contributed by atoms with Gasteiger partial charge in [-0.15, -0.1) is 10.2 Å². The first kappa shape index (κ1) is 18.8. The van der Waals surface area contributed by atoms with Crippen molar-refractivity contribution in [3.05, 3.63) is 75.8 Å². The van der Waals surface area contributed by atoms with Crippen molar-refractivity contribution >= 4 is 40.6 Å². The highest BCUT2D eigenvalue weighted by atomic mass is 35.5. The van der Waals surface area contributed by atoms with Gasteiger partial charge in [0.05, 0.1) is 16.4 Å². The second kappa shape index (κ2) is 8.61. The summed E-state index contributed by atoms with van der Waals surface area (Å²) in [5.74, 6) is 0.00134. The van der Waals surface area contributed by atoms with Crippen molar-refractivity contribution in [2.45, 2.75) is 5.03 Å². The topological polar surface area (TPSA) is 98.0 Å². The van der Waals surface area contributed by atoms with Crippen molar-refractivity contribution in [2.24, 2.45) is 0 Å². The molecule has 3 rings (SSSR count). The van der Waals surface area contributed by atoms with Gasteiger partial charge in [0, 0.05) is 28.4 Å². The van der Waals surface area contributed by atoms with Gasteiger partial charge in [-0.1, -0.05) is 29.4 Å². The minimum absolute atomic E-state index is 0.0181. The minimum Gasteiger partial charge on any atom is -0.325 e. The van der Waals surface area contributed by atoms with Crippen LogP contribution in [0.1, 0.15) is 0 Å². The first-order chi connectivity index (χ1) is 13.0. The molecular formula is C18H13ClN4O3S. The van der Waals surface area contributed by atoms with Crippen LogP contribution < -0.4 is 5.32 Å². The molecule has 0 atom stereocenters. The number of carbonyl (C=O) groups excluding carboxylic acids is 1. The van der Waals surface area contributed by atoms with Gasteiger partial charge in [0.15, 0.2) is 0 Å². The third-order valence-electron chi connectivity index (χ3n) is 3.47. The summed E-state index contributed by atoms with van der Waals surface area (Å²) in [5.41, 5.74) is 1.97. The molecule has 1 N–H and O–H groups in total. The van der Waals surface area contributed by atoms with Crippen molar-refractivity contribution in [3.8, 4) is 11.3 Å². The van der Waals surface area contributed by atoms with Crippen LogP contribution in [-0.4, -0.2) is 26.8 Å². The van der Waals surface area contributed by atoms with Gasteiger partial charge in [-0.25, -0.2) is 0 Å². The molecular weight excluding hydrogens is 388 g/mol. The molecule has 0 saturated carbocycles. The molecule has 0 aliphatic rings. The summed E-state index contributed by atoms with van der Waals surface area (Å²) >= 11 is 7.14. The molecule has 0 unspecified atom stereocenters. The van der Waals surface area contributed by atoms with E-state index in [1.54, 1.807) is 48.5 Å². The minimum atomic E-state index is -0.455. The maximum atomic E-state index is 12.0. The van der Waals surface area contributed by atoms with Crippen LogP contribution >= 0.6 is 23.4 Å². The first-order valence-corrected chi connectivity index (χ1v) is 9.14. The molecule has 1 aromatic heterocycles. The lowest BCUT2D eigenvalue weighted by molar-refractivity contribution is -0.384. The van der Waals surface area contributed by atoms with Gasteiger partial charge in [-0.05, 0) is 42.5 Å². The standard InChI is InChI=1S/C18H13ClN4O3S/c19-13-2-1-3-14(10-13)20-17(24)11-27-18-9-8-16(21-22-18)12-4-6-15(7-5-12)23(25)26/h1-10H,11H2,(H,20,24). The van der Waals surface area contributed by atoms with Crippen molar-refractivity contribution in [3.63, 3.8) is 0 Å². The van der Waals surface area contributed by atoms with Crippen LogP contribution in [0.25, 0.3) is 11.3 Å². The Morgan fingerprint density at radius 1 is 1.11 bits per heavy atom. The maximum absolute atomic E-state index is 12.0. The Balaban J connectivity index is 1.57. The zero-order valence-corrected chi connectivity index (χ0v) is 15.4. The van der Waals surface area contributed by atoms with E-state index >= 15 is 0 Å². The molecule has 0 aliphatic heterocycles.